The number of aryl methyl sites for hydroxylation is 1. The lowest BCUT2D eigenvalue weighted by Crippen LogP contribution is -1.99. The van der Waals surface area contributed by atoms with E-state index in [0.29, 0.717) is 17.1 Å². The number of aromatic nitrogens is 2. The van der Waals surface area contributed by atoms with Crippen LogP contribution in [-0.2, 0) is 11.2 Å². The highest BCUT2D eigenvalue weighted by molar-refractivity contribution is 5.72. The van der Waals surface area contributed by atoms with E-state index in [4.69, 9.17) is 9.84 Å². The largest absolute Gasteiger partial charge is 0.496 e. The SMILES string of the molecule is COc1ccc(C)cc1-c1cc(CC(=O)O)[nH]n1. The zero-order valence-corrected chi connectivity index (χ0v) is 10.2. The van der Waals surface area contributed by atoms with Gasteiger partial charge in [-0.2, -0.15) is 5.10 Å². The monoisotopic (exact) mass is 246 g/mol. The highest BCUT2D eigenvalue weighted by Crippen LogP contribution is 2.29. The van der Waals surface area contributed by atoms with E-state index in [-0.39, 0.29) is 6.42 Å². The number of methoxy groups -OCH3 is 1. The average molecular weight is 246 g/mol. The van der Waals surface area contributed by atoms with Crippen molar-refractivity contribution in [3.63, 3.8) is 0 Å². The van der Waals surface area contributed by atoms with Crippen molar-refractivity contribution in [2.75, 3.05) is 7.11 Å². The van der Waals surface area contributed by atoms with E-state index >= 15 is 0 Å². The second-order valence-electron chi connectivity index (χ2n) is 4.05. The molecule has 0 fully saturated rings. The maximum Gasteiger partial charge on any atom is 0.309 e. The van der Waals surface area contributed by atoms with Crippen molar-refractivity contribution in [2.24, 2.45) is 0 Å². The van der Waals surface area contributed by atoms with Crippen LogP contribution in [0.2, 0.25) is 0 Å². The van der Waals surface area contributed by atoms with Crippen LogP contribution < -0.4 is 4.74 Å². The third kappa shape index (κ3) is 2.51. The number of carboxylic acid groups (broad SMARTS) is 1. The molecule has 2 aromatic rings. The standard InChI is InChI=1S/C13H14N2O3/c1-8-3-4-12(18-2)10(5-8)11-6-9(14-15-11)7-13(16)17/h3-6H,7H2,1-2H3,(H,14,15)(H,16,17). The van der Waals surface area contributed by atoms with Gasteiger partial charge in [-0.1, -0.05) is 11.6 Å². The van der Waals surface area contributed by atoms with Gasteiger partial charge in [0.05, 0.1) is 19.2 Å². The Labute approximate surface area is 104 Å². The first-order valence-electron chi connectivity index (χ1n) is 5.51. The number of hydrogen-bond acceptors (Lipinski definition) is 3. The molecule has 0 unspecified atom stereocenters. The van der Waals surface area contributed by atoms with Crippen molar-refractivity contribution in [2.45, 2.75) is 13.3 Å². The Bertz CT molecular complexity index is 575. The molecule has 5 nitrogen and oxygen atoms in total. The lowest BCUT2D eigenvalue weighted by atomic mass is 10.1. The zero-order chi connectivity index (χ0) is 13.1. The van der Waals surface area contributed by atoms with Gasteiger partial charge in [-0.3, -0.25) is 9.89 Å². The Morgan fingerprint density at radius 2 is 2.22 bits per heavy atom. The Morgan fingerprint density at radius 1 is 1.44 bits per heavy atom. The van der Waals surface area contributed by atoms with Crippen LogP contribution in [0.25, 0.3) is 11.3 Å². The number of hydrogen-bond donors (Lipinski definition) is 2. The molecule has 1 heterocycles. The minimum absolute atomic E-state index is 0.0683. The highest BCUT2D eigenvalue weighted by atomic mass is 16.5. The second-order valence-corrected chi connectivity index (χ2v) is 4.05. The van der Waals surface area contributed by atoms with E-state index in [1.54, 1.807) is 13.2 Å². The molecule has 0 aliphatic rings. The van der Waals surface area contributed by atoms with E-state index in [2.05, 4.69) is 10.2 Å². The van der Waals surface area contributed by atoms with Gasteiger partial charge in [-0.05, 0) is 25.1 Å². The number of carbonyl (C=O) groups is 1. The quantitative estimate of drug-likeness (QED) is 0.865. The van der Waals surface area contributed by atoms with Crippen LogP contribution in [0, 0.1) is 6.92 Å². The third-order valence-electron chi connectivity index (χ3n) is 2.60. The average Bonchev–Trinajstić information content (AvgIpc) is 2.76. The van der Waals surface area contributed by atoms with E-state index in [1.807, 2.05) is 25.1 Å². The van der Waals surface area contributed by atoms with Gasteiger partial charge in [0.15, 0.2) is 0 Å². The minimum Gasteiger partial charge on any atom is -0.496 e. The number of carboxylic acids is 1. The van der Waals surface area contributed by atoms with Gasteiger partial charge in [0.1, 0.15) is 5.75 Å². The number of aromatic amines is 1. The van der Waals surface area contributed by atoms with E-state index in [0.717, 1.165) is 11.1 Å². The molecule has 94 valence electrons. The molecule has 1 aromatic carbocycles. The first-order chi connectivity index (χ1) is 8.60. The van der Waals surface area contributed by atoms with Crippen molar-refractivity contribution >= 4 is 5.97 Å². The molecule has 5 heteroatoms. The van der Waals surface area contributed by atoms with Crippen LogP contribution in [0.1, 0.15) is 11.3 Å². The molecular formula is C13H14N2O3. The second kappa shape index (κ2) is 4.91. The van der Waals surface area contributed by atoms with Crippen molar-refractivity contribution < 1.29 is 14.6 Å². The summed E-state index contributed by atoms with van der Waals surface area (Å²) in [6.45, 7) is 1.98. The van der Waals surface area contributed by atoms with Gasteiger partial charge in [0.2, 0.25) is 0 Å². The summed E-state index contributed by atoms with van der Waals surface area (Å²) in [6, 6.07) is 7.51. The van der Waals surface area contributed by atoms with Gasteiger partial charge >= 0.3 is 5.97 Å². The van der Waals surface area contributed by atoms with Crippen LogP contribution in [-0.4, -0.2) is 28.4 Å². The number of aliphatic carboxylic acids is 1. The summed E-state index contributed by atoms with van der Waals surface area (Å²) < 4.78 is 5.27. The van der Waals surface area contributed by atoms with Gasteiger partial charge in [-0.15, -0.1) is 0 Å². The predicted molar refractivity (Wildman–Crippen MR) is 66.7 cm³/mol. The molecule has 0 aliphatic carbocycles. The van der Waals surface area contributed by atoms with Crippen LogP contribution in [0.4, 0.5) is 0 Å². The fourth-order valence-corrected chi connectivity index (χ4v) is 1.78. The number of nitrogens with zero attached hydrogens (tertiary/aromatic N) is 1. The summed E-state index contributed by atoms with van der Waals surface area (Å²) in [5.41, 5.74) is 3.20. The number of benzene rings is 1. The van der Waals surface area contributed by atoms with Crippen LogP contribution >= 0.6 is 0 Å². The molecule has 0 atom stereocenters. The maximum absolute atomic E-state index is 10.6. The summed E-state index contributed by atoms with van der Waals surface area (Å²) in [7, 11) is 1.60. The van der Waals surface area contributed by atoms with E-state index in [9.17, 15) is 4.79 Å². The van der Waals surface area contributed by atoms with Crippen LogP contribution in [0.15, 0.2) is 24.3 Å². The number of H-pyrrole nitrogens is 1. The summed E-state index contributed by atoms with van der Waals surface area (Å²) in [4.78, 5) is 10.6. The van der Waals surface area contributed by atoms with Gasteiger partial charge in [-0.25, -0.2) is 0 Å². The molecule has 1 aromatic heterocycles. The topological polar surface area (TPSA) is 75.2 Å². The smallest absolute Gasteiger partial charge is 0.309 e. The van der Waals surface area contributed by atoms with Crippen molar-refractivity contribution in [3.05, 3.63) is 35.5 Å². The molecule has 0 saturated carbocycles. The molecule has 0 radical (unpaired) electrons. The molecule has 2 N–H and O–H groups in total. The minimum atomic E-state index is -0.888. The normalized spacial score (nSPS) is 10.3. The van der Waals surface area contributed by atoms with Gasteiger partial charge in [0.25, 0.3) is 0 Å². The first-order valence-corrected chi connectivity index (χ1v) is 5.51. The number of rotatable bonds is 4. The first kappa shape index (κ1) is 12.2. The molecule has 0 amide bonds. The Morgan fingerprint density at radius 3 is 2.89 bits per heavy atom. The maximum atomic E-state index is 10.6. The lowest BCUT2D eigenvalue weighted by molar-refractivity contribution is -0.136. The molecule has 0 spiro atoms. The number of nitrogens with one attached hydrogen (secondary N) is 1. The van der Waals surface area contributed by atoms with Gasteiger partial charge in [0, 0.05) is 11.3 Å². The lowest BCUT2D eigenvalue weighted by Gasteiger charge is -2.06. The summed E-state index contributed by atoms with van der Waals surface area (Å²) in [5.74, 6) is -0.171. The third-order valence-corrected chi connectivity index (χ3v) is 2.60. The molecule has 2 rings (SSSR count). The van der Waals surface area contributed by atoms with Crippen LogP contribution in [0.5, 0.6) is 5.75 Å². The van der Waals surface area contributed by atoms with Crippen molar-refractivity contribution in [3.8, 4) is 17.0 Å². The number of ether oxygens (including phenoxy) is 1. The van der Waals surface area contributed by atoms with E-state index < -0.39 is 5.97 Å². The molecule has 0 bridgehead atoms. The summed E-state index contributed by atoms with van der Waals surface area (Å²) in [5, 5.41) is 15.6. The summed E-state index contributed by atoms with van der Waals surface area (Å²) >= 11 is 0. The van der Waals surface area contributed by atoms with Gasteiger partial charge < -0.3 is 9.84 Å². The molecule has 0 aliphatic heterocycles. The Kier molecular flexibility index (Phi) is 3.32. The summed E-state index contributed by atoms with van der Waals surface area (Å²) in [6.07, 6.45) is -0.0683. The van der Waals surface area contributed by atoms with Crippen molar-refractivity contribution in [1.29, 1.82) is 0 Å². The Balaban J connectivity index is 2.38. The van der Waals surface area contributed by atoms with Crippen LogP contribution in [0.3, 0.4) is 0 Å². The fraction of sp³-hybridized carbons (Fsp3) is 0.231. The predicted octanol–water partition coefficient (Wildman–Crippen LogP) is 2.02. The highest BCUT2D eigenvalue weighted by Gasteiger charge is 2.11. The molecule has 18 heavy (non-hydrogen) atoms. The van der Waals surface area contributed by atoms with Crippen molar-refractivity contribution in [1.82, 2.24) is 10.2 Å². The molecule has 0 saturated heterocycles. The zero-order valence-electron chi connectivity index (χ0n) is 10.2. The fourth-order valence-electron chi connectivity index (χ4n) is 1.78. The Hall–Kier alpha value is -2.30. The molecular weight excluding hydrogens is 232 g/mol. The van der Waals surface area contributed by atoms with E-state index in [1.165, 1.54) is 0 Å².